The molecule has 1 aromatic carbocycles. The smallest absolute Gasteiger partial charge is 0.422 e. The molecule has 3 heterocycles. The molecule has 1 aliphatic heterocycles. The lowest BCUT2D eigenvalue weighted by Crippen LogP contribution is -2.38. The zero-order valence-electron chi connectivity index (χ0n) is 19.7. The van der Waals surface area contributed by atoms with Crippen LogP contribution in [0.15, 0.2) is 47.7 Å². The number of aliphatic imine (C=N–C) groups is 1. The Bertz CT molecular complexity index is 1300. The molecular weight excluding hydrogens is 501 g/mol. The molecule has 0 saturated carbocycles. The Hall–Kier alpha value is -3.47. The number of pyridine rings is 1. The maximum Gasteiger partial charge on any atom is 0.422 e. The number of benzene rings is 1. The highest BCUT2D eigenvalue weighted by atomic mass is 35.5. The van der Waals surface area contributed by atoms with E-state index in [-0.39, 0.29) is 18.2 Å². The fraction of sp³-hybridized carbons (Fsp3) is 0.375. The van der Waals surface area contributed by atoms with Crippen LogP contribution in [0.4, 0.5) is 18.0 Å². The van der Waals surface area contributed by atoms with Crippen molar-refractivity contribution in [2.24, 2.45) is 4.99 Å². The molecule has 0 spiro atoms. The minimum atomic E-state index is -4.48. The third-order valence-electron chi connectivity index (χ3n) is 4.90. The quantitative estimate of drug-likeness (QED) is 0.475. The molecule has 36 heavy (non-hydrogen) atoms. The molecule has 1 unspecified atom stereocenters. The number of rotatable bonds is 6. The maximum atomic E-state index is 12.8. The Labute approximate surface area is 210 Å². The minimum Gasteiger partial charge on any atom is -0.483 e. The lowest BCUT2D eigenvalue weighted by Gasteiger charge is -2.20. The number of imidazole rings is 1. The van der Waals surface area contributed by atoms with Gasteiger partial charge in [0, 0.05) is 23.5 Å². The SMILES string of the molecule is CC(C)(C)OC(=O)NCC1CN=C(c2cn3cc(Cl)cc(-c4ccccc4OCC(F)(F)F)c3n2)O1. The molecule has 12 heteroatoms. The molecule has 4 rings (SSSR count). The monoisotopic (exact) mass is 524 g/mol. The number of hydrogen-bond acceptors (Lipinski definition) is 6. The van der Waals surface area contributed by atoms with Crippen LogP contribution < -0.4 is 10.1 Å². The normalized spacial score (nSPS) is 16.0. The molecule has 0 radical (unpaired) electrons. The Kier molecular flexibility index (Phi) is 7.03. The van der Waals surface area contributed by atoms with E-state index in [9.17, 15) is 18.0 Å². The topological polar surface area (TPSA) is 86.5 Å². The molecule has 3 aromatic rings. The van der Waals surface area contributed by atoms with Gasteiger partial charge in [-0.1, -0.05) is 29.8 Å². The number of amides is 1. The van der Waals surface area contributed by atoms with E-state index >= 15 is 0 Å². The highest BCUT2D eigenvalue weighted by molar-refractivity contribution is 6.31. The van der Waals surface area contributed by atoms with E-state index in [1.165, 1.54) is 6.07 Å². The molecule has 2 aromatic heterocycles. The third kappa shape index (κ3) is 6.39. The van der Waals surface area contributed by atoms with E-state index in [2.05, 4.69) is 15.3 Å². The predicted octanol–water partition coefficient (Wildman–Crippen LogP) is 5.27. The molecule has 1 atom stereocenters. The van der Waals surface area contributed by atoms with Crippen molar-refractivity contribution < 1.29 is 32.2 Å². The van der Waals surface area contributed by atoms with E-state index in [0.717, 1.165) is 0 Å². The number of carbonyl (C=O) groups is 1. The number of halogens is 4. The van der Waals surface area contributed by atoms with Gasteiger partial charge in [-0.3, -0.25) is 0 Å². The Morgan fingerprint density at radius 3 is 2.69 bits per heavy atom. The Morgan fingerprint density at radius 1 is 1.22 bits per heavy atom. The van der Waals surface area contributed by atoms with Crippen molar-refractivity contribution in [1.82, 2.24) is 14.7 Å². The van der Waals surface area contributed by atoms with Gasteiger partial charge in [0.15, 0.2) is 6.61 Å². The van der Waals surface area contributed by atoms with Crippen LogP contribution >= 0.6 is 11.6 Å². The van der Waals surface area contributed by atoms with Gasteiger partial charge in [-0.2, -0.15) is 13.2 Å². The highest BCUT2D eigenvalue weighted by Crippen LogP contribution is 2.35. The van der Waals surface area contributed by atoms with Gasteiger partial charge < -0.3 is 23.9 Å². The lowest BCUT2D eigenvalue weighted by molar-refractivity contribution is -0.153. The fourth-order valence-corrected chi connectivity index (χ4v) is 3.73. The number of para-hydroxylation sites is 1. The predicted molar refractivity (Wildman–Crippen MR) is 128 cm³/mol. The summed E-state index contributed by atoms with van der Waals surface area (Å²) in [6.07, 6.45) is -2.17. The average Bonchev–Trinajstić information content (AvgIpc) is 3.41. The van der Waals surface area contributed by atoms with Crippen LogP contribution in [0.25, 0.3) is 16.8 Å². The highest BCUT2D eigenvalue weighted by Gasteiger charge is 2.29. The van der Waals surface area contributed by atoms with E-state index < -0.39 is 30.6 Å². The number of alkyl carbamates (subject to hydrolysis) is 1. The van der Waals surface area contributed by atoms with Gasteiger partial charge in [-0.15, -0.1) is 0 Å². The van der Waals surface area contributed by atoms with Gasteiger partial charge in [0.25, 0.3) is 0 Å². The molecule has 192 valence electrons. The summed E-state index contributed by atoms with van der Waals surface area (Å²) in [6.45, 7) is 4.38. The van der Waals surface area contributed by atoms with Crippen LogP contribution in [0.2, 0.25) is 5.02 Å². The largest absolute Gasteiger partial charge is 0.483 e. The van der Waals surface area contributed by atoms with Gasteiger partial charge in [0.05, 0.1) is 18.1 Å². The number of alkyl halides is 3. The van der Waals surface area contributed by atoms with Crippen molar-refractivity contribution in [2.75, 3.05) is 19.7 Å². The number of hydrogen-bond donors (Lipinski definition) is 1. The summed E-state index contributed by atoms with van der Waals surface area (Å²) in [6, 6.07) is 7.96. The summed E-state index contributed by atoms with van der Waals surface area (Å²) in [7, 11) is 0. The van der Waals surface area contributed by atoms with Gasteiger partial charge >= 0.3 is 12.3 Å². The van der Waals surface area contributed by atoms with Crippen LogP contribution in [0.3, 0.4) is 0 Å². The molecule has 0 aliphatic carbocycles. The molecule has 1 aliphatic rings. The molecule has 0 saturated heterocycles. The molecule has 0 fully saturated rings. The number of carbonyl (C=O) groups excluding carboxylic acids is 1. The summed E-state index contributed by atoms with van der Waals surface area (Å²) in [5, 5.41) is 3.00. The van der Waals surface area contributed by atoms with Crippen molar-refractivity contribution in [1.29, 1.82) is 0 Å². The van der Waals surface area contributed by atoms with Crippen LogP contribution in [0.5, 0.6) is 5.75 Å². The first-order valence-electron chi connectivity index (χ1n) is 11.0. The van der Waals surface area contributed by atoms with Crippen molar-refractivity contribution in [3.63, 3.8) is 0 Å². The Balaban J connectivity index is 1.54. The summed E-state index contributed by atoms with van der Waals surface area (Å²) >= 11 is 6.30. The van der Waals surface area contributed by atoms with E-state index in [0.29, 0.717) is 34.0 Å². The fourth-order valence-electron chi connectivity index (χ4n) is 3.52. The number of nitrogens with zero attached hydrogens (tertiary/aromatic N) is 3. The zero-order chi connectivity index (χ0) is 26.1. The summed E-state index contributed by atoms with van der Waals surface area (Å²) < 4.78 is 56.0. The van der Waals surface area contributed by atoms with Crippen molar-refractivity contribution >= 4 is 29.2 Å². The van der Waals surface area contributed by atoms with E-state index in [1.807, 2.05) is 0 Å². The minimum absolute atomic E-state index is 0.0475. The molecule has 1 N–H and O–H groups in total. The van der Waals surface area contributed by atoms with Crippen molar-refractivity contribution in [2.45, 2.75) is 38.7 Å². The molecule has 8 nitrogen and oxygen atoms in total. The van der Waals surface area contributed by atoms with E-state index in [4.69, 9.17) is 25.8 Å². The summed E-state index contributed by atoms with van der Waals surface area (Å²) in [5.41, 5.74) is 1.10. The van der Waals surface area contributed by atoms with Crippen molar-refractivity contribution in [3.8, 4) is 16.9 Å². The van der Waals surface area contributed by atoms with Crippen LogP contribution in [0, 0.1) is 0 Å². The van der Waals surface area contributed by atoms with Crippen LogP contribution in [0.1, 0.15) is 26.5 Å². The lowest BCUT2D eigenvalue weighted by atomic mass is 10.1. The Morgan fingerprint density at radius 2 is 1.97 bits per heavy atom. The maximum absolute atomic E-state index is 12.8. The molecular formula is C24H24ClF3N4O4. The molecule has 1 amide bonds. The zero-order valence-corrected chi connectivity index (χ0v) is 20.5. The van der Waals surface area contributed by atoms with Crippen LogP contribution in [-0.4, -0.2) is 59.0 Å². The first-order chi connectivity index (χ1) is 16.9. The number of aromatic nitrogens is 2. The van der Waals surface area contributed by atoms with Crippen LogP contribution in [-0.2, 0) is 9.47 Å². The van der Waals surface area contributed by atoms with Crippen molar-refractivity contribution in [3.05, 3.63) is 53.4 Å². The van der Waals surface area contributed by atoms with Gasteiger partial charge in [0.2, 0.25) is 5.90 Å². The third-order valence-corrected chi connectivity index (χ3v) is 5.10. The standard InChI is InChI=1S/C24H24ClF3N4O4/c1-23(2,3)36-22(33)30-10-15-9-29-21(35-15)18-12-32-11-14(25)8-17(20(32)31-18)16-6-4-5-7-19(16)34-13-24(26,27)28/h4-8,11-12,15H,9-10,13H2,1-3H3,(H,30,33). The first-order valence-corrected chi connectivity index (χ1v) is 11.4. The number of nitrogens with one attached hydrogen (secondary N) is 1. The summed E-state index contributed by atoms with van der Waals surface area (Å²) in [5.74, 6) is 0.324. The second-order valence-corrected chi connectivity index (χ2v) is 9.53. The second kappa shape index (κ2) is 9.88. The second-order valence-electron chi connectivity index (χ2n) is 9.10. The van der Waals surface area contributed by atoms with E-state index in [1.54, 1.807) is 61.8 Å². The molecule has 0 bridgehead atoms. The first kappa shape index (κ1) is 25.6. The number of ether oxygens (including phenoxy) is 3. The van der Waals surface area contributed by atoms with Gasteiger partial charge in [0.1, 0.15) is 28.8 Å². The average molecular weight is 525 g/mol. The summed E-state index contributed by atoms with van der Waals surface area (Å²) in [4.78, 5) is 20.9. The van der Waals surface area contributed by atoms with Gasteiger partial charge in [-0.25, -0.2) is 14.8 Å². The van der Waals surface area contributed by atoms with Gasteiger partial charge in [-0.05, 0) is 32.9 Å². The number of fused-ring (bicyclic) bond motifs is 1.